The van der Waals surface area contributed by atoms with Crippen LogP contribution in [0.15, 0.2) is 42.6 Å². The molecule has 1 aliphatic rings. The highest BCUT2D eigenvalue weighted by Crippen LogP contribution is 2.25. The van der Waals surface area contributed by atoms with E-state index in [2.05, 4.69) is 9.97 Å². The predicted octanol–water partition coefficient (Wildman–Crippen LogP) is 2.75. The molecule has 1 aromatic heterocycles. The summed E-state index contributed by atoms with van der Waals surface area (Å²) in [5, 5.41) is 0. The number of aromatic amines is 1. The number of hydrogen-bond donors (Lipinski definition) is 1. The van der Waals surface area contributed by atoms with E-state index in [0.29, 0.717) is 5.92 Å². The number of aryl methyl sites for hydroxylation is 1. The van der Waals surface area contributed by atoms with Crippen LogP contribution in [0.4, 0.5) is 0 Å². The first-order valence-electron chi connectivity index (χ1n) is 7.26. The lowest BCUT2D eigenvalue weighted by molar-refractivity contribution is -0.124. The van der Waals surface area contributed by atoms with E-state index in [1.54, 1.807) is 6.08 Å². The molecule has 1 N–H and O–H groups in total. The van der Waals surface area contributed by atoms with Crippen molar-refractivity contribution in [1.82, 2.24) is 14.9 Å². The van der Waals surface area contributed by atoms with Crippen LogP contribution >= 0.6 is 0 Å². The van der Waals surface area contributed by atoms with Gasteiger partial charge in [-0.2, -0.15) is 0 Å². The summed E-state index contributed by atoms with van der Waals surface area (Å²) in [6, 6.07) is 9.88. The van der Waals surface area contributed by atoms with E-state index in [0.717, 1.165) is 36.6 Å². The van der Waals surface area contributed by atoms with E-state index >= 15 is 0 Å². The van der Waals surface area contributed by atoms with Crippen LogP contribution < -0.4 is 0 Å². The Morgan fingerprint density at radius 1 is 1.38 bits per heavy atom. The second-order valence-corrected chi connectivity index (χ2v) is 5.47. The standard InChI is InChI=1S/C17H19N3O/c1-13-11-18-17(19-13)15-9-10-20(12-15)16(21)8-7-14-5-3-2-4-6-14/h2-8,11,15H,9-10,12H2,1H3,(H,18,19)/b8-7+/t15-/m0/s1. The zero-order chi connectivity index (χ0) is 14.7. The van der Waals surface area contributed by atoms with Crippen molar-refractivity contribution in [2.24, 2.45) is 0 Å². The molecule has 1 saturated heterocycles. The Morgan fingerprint density at radius 3 is 2.90 bits per heavy atom. The summed E-state index contributed by atoms with van der Waals surface area (Å²) >= 11 is 0. The number of carbonyl (C=O) groups is 1. The molecule has 0 saturated carbocycles. The van der Waals surface area contributed by atoms with Crippen LogP contribution in [0.3, 0.4) is 0 Å². The summed E-state index contributed by atoms with van der Waals surface area (Å²) < 4.78 is 0. The van der Waals surface area contributed by atoms with Gasteiger partial charge >= 0.3 is 0 Å². The quantitative estimate of drug-likeness (QED) is 0.879. The first kappa shape index (κ1) is 13.6. The molecular weight excluding hydrogens is 262 g/mol. The van der Waals surface area contributed by atoms with Crippen molar-refractivity contribution in [2.45, 2.75) is 19.3 Å². The molecular formula is C17H19N3O. The minimum atomic E-state index is 0.0737. The van der Waals surface area contributed by atoms with E-state index in [1.165, 1.54) is 0 Å². The fourth-order valence-corrected chi connectivity index (χ4v) is 2.66. The molecule has 0 spiro atoms. The predicted molar refractivity (Wildman–Crippen MR) is 82.7 cm³/mol. The maximum Gasteiger partial charge on any atom is 0.246 e. The zero-order valence-corrected chi connectivity index (χ0v) is 12.1. The van der Waals surface area contributed by atoms with Gasteiger partial charge in [0.1, 0.15) is 5.82 Å². The lowest BCUT2D eigenvalue weighted by Gasteiger charge is -2.13. The molecule has 4 heteroatoms. The number of benzene rings is 1. The summed E-state index contributed by atoms with van der Waals surface area (Å²) in [7, 11) is 0. The molecule has 1 atom stereocenters. The number of nitrogens with zero attached hydrogens (tertiary/aromatic N) is 2. The Bertz CT molecular complexity index is 645. The van der Waals surface area contributed by atoms with Gasteiger partial charge in [-0.05, 0) is 25.0 Å². The molecule has 1 fully saturated rings. The third kappa shape index (κ3) is 3.21. The van der Waals surface area contributed by atoms with Crippen LogP contribution in [-0.2, 0) is 4.79 Å². The van der Waals surface area contributed by atoms with Crippen molar-refractivity contribution in [3.8, 4) is 0 Å². The number of H-pyrrole nitrogens is 1. The van der Waals surface area contributed by atoms with Crippen LogP contribution in [0.1, 0.15) is 29.4 Å². The third-order valence-corrected chi connectivity index (χ3v) is 3.83. The van der Waals surface area contributed by atoms with E-state index < -0.39 is 0 Å². The van der Waals surface area contributed by atoms with Gasteiger partial charge in [0.15, 0.2) is 0 Å². The van der Waals surface area contributed by atoms with Crippen molar-refractivity contribution < 1.29 is 4.79 Å². The molecule has 2 heterocycles. The maximum atomic E-state index is 12.2. The van der Waals surface area contributed by atoms with Crippen molar-refractivity contribution in [1.29, 1.82) is 0 Å². The van der Waals surface area contributed by atoms with Gasteiger partial charge in [-0.15, -0.1) is 0 Å². The van der Waals surface area contributed by atoms with Crippen LogP contribution in [0.25, 0.3) is 6.08 Å². The number of imidazole rings is 1. The lowest BCUT2D eigenvalue weighted by atomic mass is 10.1. The summed E-state index contributed by atoms with van der Waals surface area (Å²) in [4.78, 5) is 21.7. The molecule has 0 bridgehead atoms. The molecule has 4 nitrogen and oxygen atoms in total. The third-order valence-electron chi connectivity index (χ3n) is 3.83. The molecule has 0 unspecified atom stereocenters. The summed E-state index contributed by atoms with van der Waals surface area (Å²) in [5.41, 5.74) is 2.11. The van der Waals surface area contributed by atoms with Crippen LogP contribution in [0, 0.1) is 6.92 Å². The number of hydrogen-bond acceptors (Lipinski definition) is 2. The molecule has 0 radical (unpaired) electrons. The zero-order valence-electron chi connectivity index (χ0n) is 12.1. The minimum absolute atomic E-state index is 0.0737. The fourth-order valence-electron chi connectivity index (χ4n) is 2.66. The van der Waals surface area contributed by atoms with Crippen molar-refractivity contribution in [3.05, 3.63) is 59.7 Å². The molecule has 1 aliphatic heterocycles. The average molecular weight is 281 g/mol. The SMILES string of the molecule is Cc1cnc([C@H]2CCN(C(=O)/C=C/c3ccccc3)C2)[nH]1. The van der Waals surface area contributed by atoms with Crippen LogP contribution in [0.5, 0.6) is 0 Å². The summed E-state index contributed by atoms with van der Waals surface area (Å²) in [5.74, 6) is 1.40. The monoisotopic (exact) mass is 281 g/mol. The number of nitrogens with one attached hydrogen (secondary N) is 1. The number of amides is 1. The molecule has 0 aliphatic carbocycles. The Morgan fingerprint density at radius 2 is 2.19 bits per heavy atom. The van der Waals surface area contributed by atoms with E-state index in [-0.39, 0.29) is 5.91 Å². The van der Waals surface area contributed by atoms with Gasteiger partial charge in [-0.25, -0.2) is 4.98 Å². The van der Waals surface area contributed by atoms with Gasteiger partial charge < -0.3 is 9.88 Å². The number of carbonyl (C=O) groups excluding carboxylic acids is 1. The van der Waals surface area contributed by atoms with Gasteiger partial charge in [-0.3, -0.25) is 4.79 Å². The highest BCUT2D eigenvalue weighted by atomic mass is 16.2. The molecule has 1 aromatic carbocycles. The van der Waals surface area contributed by atoms with E-state index in [9.17, 15) is 4.79 Å². The summed E-state index contributed by atoms with van der Waals surface area (Å²) in [6.45, 7) is 3.53. The van der Waals surface area contributed by atoms with Gasteiger partial charge in [0, 0.05) is 37.0 Å². The lowest BCUT2D eigenvalue weighted by Crippen LogP contribution is -2.26. The Labute approximate surface area is 124 Å². The number of rotatable bonds is 3. The van der Waals surface area contributed by atoms with Gasteiger partial charge in [0.25, 0.3) is 0 Å². The highest BCUT2D eigenvalue weighted by molar-refractivity contribution is 5.92. The minimum Gasteiger partial charge on any atom is -0.346 e. The second-order valence-electron chi connectivity index (χ2n) is 5.47. The maximum absolute atomic E-state index is 12.2. The molecule has 21 heavy (non-hydrogen) atoms. The van der Waals surface area contributed by atoms with E-state index in [1.807, 2.05) is 54.4 Å². The topological polar surface area (TPSA) is 49.0 Å². The van der Waals surface area contributed by atoms with Crippen molar-refractivity contribution in [3.63, 3.8) is 0 Å². The largest absolute Gasteiger partial charge is 0.346 e. The highest BCUT2D eigenvalue weighted by Gasteiger charge is 2.27. The summed E-state index contributed by atoms with van der Waals surface area (Å²) in [6.07, 6.45) is 6.34. The van der Waals surface area contributed by atoms with Crippen LogP contribution in [-0.4, -0.2) is 33.9 Å². The molecule has 2 aromatic rings. The average Bonchev–Trinajstić information content (AvgIpc) is 3.14. The molecule has 108 valence electrons. The van der Waals surface area contributed by atoms with Crippen molar-refractivity contribution >= 4 is 12.0 Å². The van der Waals surface area contributed by atoms with Crippen molar-refractivity contribution in [2.75, 3.05) is 13.1 Å². The molecule has 3 rings (SSSR count). The fraction of sp³-hybridized carbons (Fsp3) is 0.294. The molecule has 1 amide bonds. The van der Waals surface area contributed by atoms with Gasteiger partial charge in [0.05, 0.1) is 0 Å². The van der Waals surface area contributed by atoms with E-state index in [4.69, 9.17) is 0 Å². The Balaban J connectivity index is 1.61. The first-order valence-corrected chi connectivity index (χ1v) is 7.26. The van der Waals surface area contributed by atoms with Gasteiger partial charge in [0.2, 0.25) is 5.91 Å². The number of aromatic nitrogens is 2. The van der Waals surface area contributed by atoms with Gasteiger partial charge in [-0.1, -0.05) is 30.3 Å². The Kier molecular flexibility index (Phi) is 3.86. The Hall–Kier alpha value is -2.36. The number of likely N-dealkylation sites (tertiary alicyclic amines) is 1. The van der Waals surface area contributed by atoms with Crippen LogP contribution in [0.2, 0.25) is 0 Å². The smallest absolute Gasteiger partial charge is 0.246 e. The first-order chi connectivity index (χ1) is 10.2. The second kappa shape index (κ2) is 5.95. The normalized spacial score (nSPS) is 18.5.